The van der Waals surface area contributed by atoms with Gasteiger partial charge in [0.2, 0.25) is 0 Å². The van der Waals surface area contributed by atoms with Gasteiger partial charge in [-0.25, -0.2) is 4.79 Å². The molecule has 0 unspecified atom stereocenters. The van der Waals surface area contributed by atoms with E-state index in [0.29, 0.717) is 6.54 Å². The number of rotatable bonds is 4. The molecular weight excluding hydrogens is 386 g/mol. The number of likely N-dealkylation sites (tertiary alicyclic amines) is 1. The highest BCUT2D eigenvalue weighted by Gasteiger charge is 2.41. The van der Waals surface area contributed by atoms with E-state index < -0.39 is 18.0 Å². The molecule has 1 aliphatic rings. The lowest BCUT2D eigenvalue weighted by Crippen LogP contribution is -2.30. The van der Waals surface area contributed by atoms with E-state index in [2.05, 4.69) is 15.9 Å². The normalized spacial score (nSPS) is 19.6. The molecule has 0 saturated carbocycles. The predicted octanol–water partition coefficient (Wildman–Crippen LogP) is 3.89. The maximum Gasteiger partial charge on any atom is 0.410 e. The molecule has 0 bridgehead atoms. The molecule has 2 atom stereocenters. The molecular formula is C19H18BrNO4. The van der Waals surface area contributed by atoms with Crippen molar-refractivity contribution in [1.29, 1.82) is 0 Å². The fraction of sp³-hybridized carbons (Fsp3) is 0.263. The van der Waals surface area contributed by atoms with E-state index in [4.69, 9.17) is 4.74 Å². The Labute approximate surface area is 154 Å². The van der Waals surface area contributed by atoms with Gasteiger partial charge in [-0.15, -0.1) is 0 Å². The average molecular weight is 404 g/mol. The van der Waals surface area contributed by atoms with Crippen LogP contribution >= 0.6 is 15.9 Å². The van der Waals surface area contributed by atoms with Gasteiger partial charge in [0.25, 0.3) is 0 Å². The van der Waals surface area contributed by atoms with Gasteiger partial charge in [0.15, 0.2) is 0 Å². The van der Waals surface area contributed by atoms with E-state index >= 15 is 0 Å². The number of aliphatic carboxylic acids is 1. The maximum absolute atomic E-state index is 12.3. The van der Waals surface area contributed by atoms with E-state index in [1.54, 1.807) is 0 Å². The van der Waals surface area contributed by atoms with Crippen LogP contribution in [0.25, 0.3) is 0 Å². The molecule has 1 N–H and O–H groups in total. The topological polar surface area (TPSA) is 66.8 Å². The third-order valence-electron chi connectivity index (χ3n) is 4.40. The van der Waals surface area contributed by atoms with Crippen LogP contribution in [-0.4, -0.2) is 35.2 Å². The SMILES string of the molecule is O=C(O)[C@H]1CN(C(=O)OCc2ccccc2)C[C@@H]1c1ccc(Br)cc1. The van der Waals surface area contributed by atoms with Crippen molar-refractivity contribution < 1.29 is 19.4 Å². The zero-order chi connectivity index (χ0) is 17.8. The number of halogens is 1. The summed E-state index contributed by atoms with van der Waals surface area (Å²) in [4.78, 5) is 25.4. The van der Waals surface area contributed by atoms with Gasteiger partial charge in [-0.3, -0.25) is 4.79 Å². The number of carboxylic acids is 1. The van der Waals surface area contributed by atoms with Crippen molar-refractivity contribution in [2.24, 2.45) is 5.92 Å². The van der Waals surface area contributed by atoms with Gasteiger partial charge in [-0.05, 0) is 23.3 Å². The Hall–Kier alpha value is -2.34. The van der Waals surface area contributed by atoms with Crippen LogP contribution in [0.2, 0.25) is 0 Å². The maximum atomic E-state index is 12.3. The first-order valence-corrected chi connectivity index (χ1v) is 8.78. The zero-order valence-corrected chi connectivity index (χ0v) is 15.1. The van der Waals surface area contributed by atoms with Crippen molar-refractivity contribution >= 4 is 28.0 Å². The molecule has 0 radical (unpaired) electrons. The largest absolute Gasteiger partial charge is 0.481 e. The number of hydrogen-bond donors (Lipinski definition) is 1. The number of benzene rings is 2. The molecule has 1 amide bonds. The van der Waals surface area contributed by atoms with Gasteiger partial charge in [0.1, 0.15) is 6.61 Å². The predicted molar refractivity (Wildman–Crippen MR) is 96.2 cm³/mol. The molecule has 1 saturated heterocycles. The molecule has 0 aliphatic carbocycles. The Morgan fingerprint density at radius 1 is 1.08 bits per heavy atom. The van der Waals surface area contributed by atoms with Crippen molar-refractivity contribution in [3.8, 4) is 0 Å². The van der Waals surface area contributed by atoms with Crippen molar-refractivity contribution in [3.05, 3.63) is 70.2 Å². The zero-order valence-electron chi connectivity index (χ0n) is 13.5. The molecule has 1 aliphatic heterocycles. The lowest BCUT2D eigenvalue weighted by atomic mass is 9.89. The van der Waals surface area contributed by atoms with Crippen LogP contribution in [0.1, 0.15) is 17.0 Å². The van der Waals surface area contributed by atoms with E-state index in [1.165, 1.54) is 4.90 Å². The van der Waals surface area contributed by atoms with Crippen molar-refractivity contribution in [1.82, 2.24) is 4.90 Å². The summed E-state index contributed by atoms with van der Waals surface area (Å²) in [5.41, 5.74) is 1.81. The molecule has 130 valence electrons. The second-order valence-electron chi connectivity index (χ2n) is 6.05. The minimum Gasteiger partial charge on any atom is -0.481 e. The first kappa shape index (κ1) is 17.5. The van der Waals surface area contributed by atoms with Crippen molar-refractivity contribution in [2.75, 3.05) is 13.1 Å². The summed E-state index contributed by atoms with van der Waals surface area (Å²) in [5, 5.41) is 9.52. The molecule has 2 aromatic rings. The molecule has 25 heavy (non-hydrogen) atoms. The molecule has 5 nitrogen and oxygen atoms in total. The molecule has 6 heteroatoms. The number of amides is 1. The Kier molecular flexibility index (Phi) is 5.38. The van der Waals surface area contributed by atoms with E-state index in [9.17, 15) is 14.7 Å². The van der Waals surface area contributed by atoms with Crippen molar-refractivity contribution in [2.45, 2.75) is 12.5 Å². The summed E-state index contributed by atoms with van der Waals surface area (Å²) in [6, 6.07) is 16.9. The van der Waals surface area contributed by atoms with Crippen LogP contribution in [0.4, 0.5) is 4.79 Å². The molecule has 0 spiro atoms. The molecule has 3 rings (SSSR count). The molecule has 0 aromatic heterocycles. The van der Waals surface area contributed by atoms with Gasteiger partial charge in [-0.2, -0.15) is 0 Å². The second-order valence-corrected chi connectivity index (χ2v) is 6.96. The summed E-state index contributed by atoms with van der Waals surface area (Å²) >= 11 is 3.38. The molecule has 2 aromatic carbocycles. The van der Waals surface area contributed by atoms with Crippen LogP contribution in [-0.2, 0) is 16.1 Å². The Balaban J connectivity index is 1.68. The Bertz CT molecular complexity index is 748. The lowest BCUT2D eigenvalue weighted by Gasteiger charge is -2.16. The fourth-order valence-electron chi connectivity index (χ4n) is 3.06. The fourth-order valence-corrected chi connectivity index (χ4v) is 3.33. The standard InChI is InChI=1S/C19H18BrNO4/c20-15-8-6-14(7-9-15)16-10-21(11-17(16)18(22)23)19(24)25-12-13-4-2-1-3-5-13/h1-9,16-17H,10-12H2,(H,22,23)/t16-,17+/m1/s1. The van der Waals surface area contributed by atoms with Crippen LogP contribution in [0, 0.1) is 5.92 Å². The highest BCUT2D eigenvalue weighted by molar-refractivity contribution is 9.10. The minimum atomic E-state index is -0.897. The van der Waals surface area contributed by atoms with Crippen LogP contribution < -0.4 is 0 Å². The minimum absolute atomic E-state index is 0.156. The number of carbonyl (C=O) groups excluding carboxylic acids is 1. The molecule has 1 heterocycles. The number of nitrogens with zero attached hydrogens (tertiary/aromatic N) is 1. The van der Waals surface area contributed by atoms with Crippen LogP contribution in [0.5, 0.6) is 0 Å². The average Bonchev–Trinajstić information content (AvgIpc) is 3.07. The third kappa shape index (κ3) is 4.20. The smallest absolute Gasteiger partial charge is 0.410 e. The summed E-state index contributed by atoms with van der Waals surface area (Å²) in [5.74, 6) is -1.77. The summed E-state index contributed by atoms with van der Waals surface area (Å²) in [6.07, 6.45) is -0.477. The first-order chi connectivity index (χ1) is 12.0. The van der Waals surface area contributed by atoms with Gasteiger partial charge in [0.05, 0.1) is 5.92 Å². The highest BCUT2D eigenvalue weighted by Crippen LogP contribution is 2.34. The summed E-state index contributed by atoms with van der Waals surface area (Å²) in [7, 11) is 0. The van der Waals surface area contributed by atoms with Crippen molar-refractivity contribution in [3.63, 3.8) is 0 Å². The number of carbonyl (C=O) groups is 2. The number of hydrogen-bond acceptors (Lipinski definition) is 3. The third-order valence-corrected chi connectivity index (χ3v) is 4.93. The quantitative estimate of drug-likeness (QED) is 0.840. The van der Waals surface area contributed by atoms with Crippen LogP contribution in [0.15, 0.2) is 59.1 Å². The number of ether oxygens (including phenoxy) is 1. The van der Waals surface area contributed by atoms with E-state index in [0.717, 1.165) is 15.6 Å². The number of carboxylic acid groups (broad SMARTS) is 1. The Morgan fingerprint density at radius 3 is 2.40 bits per heavy atom. The highest BCUT2D eigenvalue weighted by atomic mass is 79.9. The first-order valence-electron chi connectivity index (χ1n) is 7.98. The Morgan fingerprint density at radius 2 is 1.76 bits per heavy atom. The van der Waals surface area contributed by atoms with Gasteiger partial charge in [0, 0.05) is 23.5 Å². The summed E-state index contributed by atoms with van der Waals surface area (Å²) < 4.78 is 6.26. The lowest BCUT2D eigenvalue weighted by molar-refractivity contribution is -0.141. The van der Waals surface area contributed by atoms with Gasteiger partial charge < -0.3 is 14.7 Å². The van der Waals surface area contributed by atoms with Gasteiger partial charge >= 0.3 is 12.1 Å². The van der Waals surface area contributed by atoms with Crippen LogP contribution in [0.3, 0.4) is 0 Å². The monoisotopic (exact) mass is 403 g/mol. The molecule has 1 fully saturated rings. The summed E-state index contributed by atoms with van der Waals surface area (Å²) in [6.45, 7) is 0.673. The van der Waals surface area contributed by atoms with E-state index in [-0.39, 0.29) is 19.1 Å². The second kappa shape index (κ2) is 7.70. The van der Waals surface area contributed by atoms with E-state index in [1.807, 2.05) is 54.6 Å². The van der Waals surface area contributed by atoms with Gasteiger partial charge in [-0.1, -0.05) is 58.4 Å².